The van der Waals surface area contributed by atoms with Crippen LogP contribution in [0.4, 0.5) is 10.5 Å². The van der Waals surface area contributed by atoms with Crippen molar-refractivity contribution in [3.05, 3.63) is 65.2 Å². The Kier molecular flexibility index (Phi) is 5.39. The van der Waals surface area contributed by atoms with E-state index in [0.29, 0.717) is 6.54 Å². The van der Waals surface area contributed by atoms with Gasteiger partial charge in [-0.2, -0.15) is 0 Å². The molecule has 3 atom stereocenters. The number of carbonyl (C=O) groups excluding carboxylic acids is 2. The maximum absolute atomic E-state index is 13.6. The summed E-state index contributed by atoms with van der Waals surface area (Å²) in [6.45, 7) is 6.22. The Labute approximate surface area is 189 Å². The lowest BCUT2D eigenvalue weighted by molar-refractivity contribution is -0.139. The first-order chi connectivity index (χ1) is 15.5. The number of hydrogen-bond acceptors (Lipinski definition) is 5. The molecule has 7 nitrogen and oxygen atoms in total. The molecule has 2 aromatic rings. The quantitative estimate of drug-likeness (QED) is 0.804. The lowest BCUT2D eigenvalue weighted by Crippen LogP contribution is -2.66. The first-order valence-corrected chi connectivity index (χ1v) is 11.5. The van der Waals surface area contributed by atoms with Gasteiger partial charge in [-0.15, -0.1) is 0 Å². The van der Waals surface area contributed by atoms with Crippen molar-refractivity contribution in [1.29, 1.82) is 0 Å². The van der Waals surface area contributed by atoms with E-state index in [9.17, 15) is 9.59 Å². The van der Waals surface area contributed by atoms with Gasteiger partial charge in [-0.05, 0) is 48.6 Å². The van der Waals surface area contributed by atoms with Crippen LogP contribution in [0, 0.1) is 6.92 Å². The molecule has 2 aromatic carbocycles. The van der Waals surface area contributed by atoms with E-state index in [0.717, 1.165) is 42.7 Å². The molecule has 32 heavy (non-hydrogen) atoms. The third-order valence-corrected chi connectivity index (χ3v) is 7.14. The molecule has 3 aliphatic rings. The molecule has 3 aliphatic heterocycles. The summed E-state index contributed by atoms with van der Waals surface area (Å²) in [5.74, 6) is -0.112. The lowest BCUT2D eigenvalue weighted by Gasteiger charge is -2.44. The Hall–Kier alpha value is -2.90. The third kappa shape index (κ3) is 3.36. The second-order valence-corrected chi connectivity index (χ2v) is 8.98. The number of benzene rings is 2. The van der Waals surface area contributed by atoms with Gasteiger partial charge in [-0.1, -0.05) is 43.3 Å². The topological polar surface area (TPSA) is 59.1 Å². The number of rotatable bonds is 4. The van der Waals surface area contributed by atoms with Crippen LogP contribution in [0.1, 0.15) is 30.0 Å². The highest BCUT2D eigenvalue weighted by Gasteiger charge is 2.56. The van der Waals surface area contributed by atoms with Gasteiger partial charge in [0.1, 0.15) is 18.5 Å². The summed E-state index contributed by atoms with van der Waals surface area (Å²) < 4.78 is 0. The summed E-state index contributed by atoms with van der Waals surface area (Å²) in [4.78, 5) is 34.5. The van der Waals surface area contributed by atoms with Crippen LogP contribution in [0.3, 0.4) is 0 Å². The van der Waals surface area contributed by atoms with Crippen LogP contribution >= 0.6 is 0 Å². The fourth-order valence-electron chi connectivity index (χ4n) is 5.21. The minimum absolute atomic E-state index is 0.108. The van der Waals surface area contributed by atoms with Crippen molar-refractivity contribution in [3.63, 3.8) is 0 Å². The van der Waals surface area contributed by atoms with E-state index < -0.39 is 0 Å². The summed E-state index contributed by atoms with van der Waals surface area (Å²) in [7, 11) is 1.79. The number of carbonyl (C=O) groups is 2. The second-order valence-electron chi connectivity index (χ2n) is 8.98. The van der Waals surface area contributed by atoms with Gasteiger partial charge < -0.3 is 9.80 Å². The van der Waals surface area contributed by atoms with Gasteiger partial charge in [-0.3, -0.25) is 19.9 Å². The van der Waals surface area contributed by atoms with Gasteiger partial charge in [-0.25, -0.2) is 4.79 Å². The molecule has 3 heterocycles. The van der Waals surface area contributed by atoms with Crippen LogP contribution in [0.25, 0.3) is 0 Å². The maximum atomic E-state index is 13.6. The fraction of sp³-hybridized carbons (Fsp3) is 0.440. The zero-order valence-corrected chi connectivity index (χ0v) is 19.0. The van der Waals surface area contributed by atoms with Crippen molar-refractivity contribution in [2.75, 3.05) is 25.0 Å². The molecule has 168 valence electrons. The van der Waals surface area contributed by atoms with Crippen molar-refractivity contribution < 1.29 is 9.59 Å². The molecule has 3 saturated heterocycles. The zero-order chi connectivity index (χ0) is 22.4. The highest BCUT2D eigenvalue weighted by molar-refractivity contribution is 6.00. The fourth-order valence-corrected chi connectivity index (χ4v) is 5.21. The predicted octanol–water partition coefficient (Wildman–Crippen LogP) is 2.75. The molecule has 3 unspecified atom stereocenters. The SMILES string of the molecule is CCc1ccc(N2CCCN3C4C(=O)N(Cc5ccccc5C)C(=O)N(C)C4NC23)cc1. The molecule has 3 fully saturated rings. The summed E-state index contributed by atoms with van der Waals surface area (Å²) in [6, 6.07) is 16.0. The van der Waals surface area contributed by atoms with E-state index in [4.69, 9.17) is 0 Å². The second kappa shape index (κ2) is 8.22. The number of imide groups is 1. The number of amides is 3. The van der Waals surface area contributed by atoms with Gasteiger partial charge in [0.05, 0.1) is 6.54 Å². The highest BCUT2D eigenvalue weighted by atomic mass is 16.2. The van der Waals surface area contributed by atoms with Crippen LogP contribution in [-0.2, 0) is 17.8 Å². The summed E-state index contributed by atoms with van der Waals surface area (Å²) in [5, 5.41) is 3.59. The molecule has 0 spiro atoms. The number of aryl methyl sites for hydroxylation is 2. The maximum Gasteiger partial charge on any atom is 0.328 e. The number of nitrogens with one attached hydrogen (secondary N) is 1. The van der Waals surface area contributed by atoms with Crippen LogP contribution < -0.4 is 10.2 Å². The number of anilines is 1. The van der Waals surface area contributed by atoms with Gasteiger partial charge in [0.25, 0.3) is 5.91 Å². The Bertz CT molecular complexity index is 1020. The van der Waals surface area contributed by atoms with E-state index >= 15 is 0 Å². The van der Waals surface area contributed by atoms with Gasteiger partial charge in [0.15, 0.2) is 0 Å². The third-order valence-electron chi connectivity index (χ3n) is 7.14. The summed E-state index contributed by atoms with van der Waals surface area (Å²) in [5.41, 5.74) is 4.53. The molecular weight excluding hydrogens is 402 g/mol. The van der Waals surface area contributed by atoms with Crippen molar-refractivity contribution in [3.8, 4) is 0 Å². The van der Waals surface area contributed by atoms with Gasteiger partial charge >= 0.3 is 6.03 Å². The predicted molar refractivity (Wildman–Crippen MR) is 124 cm³/mol. The molecule has 0 aromatic heterocycles. The van der Waals surface area contributed by atoms with E-state index in [1.54, 1.807) is 11.9 Å². The first kappa shape index (κ1) is 21.0. The van der Waals surface area contributed by atoms with Crippen LogP contribution in [-0.4, -0.2) is 65.3 Å². The molecule has 3 amide bonds. The molecule has 7 heteroatoms. The molecule has 0 radical (unpaired) electrons. The van der Waals surface area contributed by atoms with E-state index in [2.05, 4.69) is 46.3 Å². The Balaban J connectivity index is 1.43. The molecule has 1 N–H and O–H groups in total. The zero-order valence-electron chi connectivity index (χ0n) is 19.0. The van der Waals surface area contributed by atoms with E-state index in [1.807, 2.05) is 31.2 Å². The Morgan fingerprint density at radius 1 is 1.03 bits per heavy atom. The molecule has 0 saturated carbocycles. The number of nitrogens with zero attached hydrogens (tertiary/aromatic N) is 4. The molecule has 0 aliphatic carbocycles. The van der Waals surface area contributed by atoms with Gasteiger partial charge in [0.2, 0.25) is 0 Å². The van der Waals surface area contributed by atoms with Crippen LogP contribution in [0.2, 0.25) is 0 Å². The number of fused-ring (bicyclic) bond motifs is 3. The van der Waals surface area contributed by atoms with Gasteiger partial charge in [0, 0.05) is 25.8 Å². The lowest BCUT2D eigenvalue weighted by atomic mass is 10.1. The standard InChI is InChI=1S/C25H31N5O2/c1-4-18-10-12-20(13-11-18)28-14-7-15-29-21-22(26-24(28)29)27(3)25(32)30(23(21)31)16-19-9-6-5-8-17(19)2/h5-6,8-13,21-22,24,26H,4,7,14-16H2,1-3H3. The number of urea groups is 1. The Morgan fingerprint density at radius 3 is 2.50 bits per heavy atom. The summed E-state index contributed by atoms with van der Waals surface area (Å²) >= 11 is 0. The summed E-state index contributed by atoms with van der Waals surface area (Å²) in [6.07, 6.45) is 1.54. The largest absolute Gasteiger partial charge is 0.343 e. The van der Waals surface area contributed by atoms with Crippen molar-refractivity contribution >= 4 is 17.6 Å². The van der Waals surface area contributed by atoms with E-state index in [1.165, 1.54) is 10.5 Å². The normalized spacial score (nSPS) is 25.8. The van der Waals surface area contributed by atoms with Crippen molar-refractivity contribution in [2.24, 2.45) is 0 Å². The monoisotopic (exact) mass is 433 g/mol. The number of likely N-dealkylation sites (N-methyl/N-ethyl adjacent to an activating group) is 1. The molecule has 0 bridgehead atoms. The average molecular weight is 434 g/mol. The van der Waals surface area contributed by atoms with Crippen LogP contribution in [0.5, 0.6) is 0 Å². The smallest absolute Gasteiger partial charge is 0.328 e. The highest BCUT2D eigenvalue weighted by Crippen LogP contribution is 2.33. The van der Waals surface area contributed by atoms with E-state index in [-0.39, 0.29) is 30.4 Å². The molecular formula is C25H31N5O2. The van der Waals surface area contributed by atoms with Crippen LogP contribution in [0.15, 0.2) is 48.5 Å². The first-order valence-electron chi connectivity index (χ1n) is 11.5. The van der Waals surface area contributed by atoms with Crippen molar-refractivity contribution in [1.82, 2.24) is 20.0 Å². The average Bonchev–Trinajstić information content (AvgIpc) is 3.22. The minimum Gasteiger partial charge on any atom is -0.343 e. The minimum atomic E-state index is -0.385. The van der Waals surface area contributed by atoms with Crippen molar-refractivity contribution in [2.45, 2.75) is 51.7 Å². The Morgan fingerprint density at radius 2 is 1.78 bits per heavy atom. The number of hydrogen-bond donors (Lipinski definition) is 1. The molecule has 5 rings (SSSR count).